The molecule has 11 heteroatoms. The van der Waals surface area contributed by atoms with Crippen LogP contribution >= 0.6 is 11.6 Å². The van der Waals surface area contributed by atoms with Gasteiger partial charge in [-0.2, -0.15) is 10.4 Å². The summed E-state index contributed by atoms with van der Waals surface area (Å²) in [7, 11) is 1.88. The molecule has 0 aliphatic carbocycles. The molecule has 0 spiro atoms. The number of rotatable bonds is 8. The molecule has 1 fully saturated rings. The van der Waals surface area contributed by atoms with E-state index in [0.29, 0.717) is 34.4 Å². The Bertz CT molecular complexity index is 1690. The molecule has 1 saturated heterocycles. The molecule has 2 aliphatic heterocycles. The predicted octanol–water partition coefficient (Wildman–Crippen LogP) is 5.69. The van der Waals surface area contributed by atoms with Crippen molar-refractivity contribution in [3.8, 4) is 6.07 Å². The summed E-state index contributed by atoms with van der Waals surface area (Å²) in [4.78, 5) is 7.08. The van der Waals surface area contributed by atoms with Crippen molar-refractivity contribution in [1.29, 1.82) is 5.26 Å². The molecule has 228 valence electrons. The van der Waals surface area contributed by atoms with Gasteiger partial charge in [0.2, 0.25) is 0 Å². The molecule has 1 atom stereocenters. The standard InChI is InChI=1S/C33H39ClN10/c1-33(2,3)43-12-10-26(11-13-43)44-21-29(40-41-44)31(23-8-6-5-7-9-23)39-25-14-27-30(36-17-22-18-38-42(4)20-22)24(16-35)19-37-32(27)28(34)15-25/h5-9,14-15,18-21,26,31,39-41H,10-13,17H2,1-4H3,(H,36,37)/t31-/m0/s1. The molecule has 0 amide bonds. The summed E-state index contributed by atoms with van der Waals surface area (Å²) in [6.07, 6.45) is 9.67. The maximum atomic E-state index is 9.92. The molecule has 0 unspecified atom stereocenters. The second kappa shape index (κ2) is 12.4. The first-order valence-corrected chi connectivity index (χ1v) is 15.4. The zero-order chi connectivity index (χ0) is 30.8. The second-order valence-corrected chi connectivity index (χ2v) is 12.9. The minimum Gasteiger partial charge on any atom is -0.379 e. The molecule has 0 saturated carbocycles. The molecule has 4 heterocycles. The lowest BCUT2D eigenvalue weighted by Crippen LogP contribution is -2.52. The molecule has 2 aromatic carbocycles. The van der Waals surface area contributed by atoms with Gasteiger partial charge in [0.1, 0.15) is 6.07 Å². The number of hydrazine groups is 2. The number of likely N-dealkylation sites (tertiary alicyclic amines) is 1. The molecule has 2 aliphatic rings. The number of benzene rings is 2. The summed E-state index contributed by atoms with van der Waals surface area (Å²) in [6.45, 7) is 9.51. The number of pyridine rings is 1. The molecule has 0 radical (unpaired) electrons. The molecule has 10 nitrogen and oxygen atoms in total. The number of halogens is 1. The Labute approximate surface area is 263 Å². The number of nitrogens with one attached hydrogen (secondary N) is 4. The van der Waals surface area contributed by atoms with Gasteiger partial charge in [0.05, 0.1) is 39.7 Å². The van der Waals surface area contributed by atoms with Crippen molar-refractivity contribution in [2.45, 2.75) is 57.8 Å². The van der Waals surface area contributed by atoms with E-state index in [4.69, 9.17) is 11.6 Å². The van der Waals surface area contributed by atoms with Gasteiger partial charge in [0.25, 0.3) is 0 Å². The van der Waals surface area contributed by atoms with Crippen LogP contribution in [0.3, 0.4) is 0 Å². The first-order valence-electron chi connectivity index (χ1n) is 15.0. The average Bonchev–Trinajstić information content (AvgIpc) is 3.68. The lowest BCUT2D eigenvalue weighted by atomic mass is 9.98. The number of hydrogen-bond donors (Lipinski definition) is 4. The SMILES string of the molecule is Cn1cc(CNc2c(C#N)cnc3c(Cl)cc(N[C@H](C4=CN(C5CCN(C(C)(C)C)CC5)NN4)c4ccccc4)cc23)cn1. The Morgan fingerprint density at radius 1 is 1.14 bits per heavy atom. The van der Waals surface area contributed by atoms with E-state index in [0.717, 1.165) is 53.8 Å². The first-order chi connectivity index (χ1) is 21.2. The van der Waals surface area contributed by atoms with E-state index < -0.39 is 0 Å². The van der Waals surface area contributed by atoms with Crippen LogP contribution in [0.25, 0.3) is 10.9 Å². The summed E-state index contributed by atoms with van der Waals surface area (Å²) < 4.78 is 1.76. The Hall–Kier alpha value is -4.30. The van der Waals surface area contributed by atoms with Crippen molar-refractivity contribution in [1.82, 2.24) is 35.6 Å². The number of anilines is 2. The summed E-state index contributed by atoms with van der Waals surface area (Å²) >= 11 is 6.83. The van der Waals surface area contributed by atoms with E-state index in [1.807, 2.05) is 43.6 Å². The number of aromatic nitrogens is 3. The normalized spacial score (nSPS) is 16.8. The zero-order valence-electron chi connectivity index (χ0n) is 25.6. The van der Waals surface area contributed by atoms with Gasteiger partial charge in [0.15, 0.2) is 0 Å². The monoisotopic (exact) mass is 610 g/mol. The van der Waals surface area contributed by atoms with Crippen LogP contribution in [0.15, 0.2) is 73.0 Å². The highest BCUT2D eigenvalue weighted by Crippen LogP contribution is 2.36. The third-order valence-electron chi connectivity index (χ3n) is 8.44. The number of nitrogens with zero attached hydrogens (tertiary/aromatic N) is 6. The Balaban J connectivity index is 1.29. The Morgan fingerprint density at radius 2 is 1.91 bits per heavy atom. The van der Waals surface area contributed by atoms with E-state index in [9.17, 15) is 5.26 Å². The molecule has 44 heavy (non-hydrogen) atoms. The van der Waals surface area contributed by atoms with E-state index in [2.05, 4.69) is 86.8 Å². The maximum absolute atomic E-state index is 9.92. The van der Waals surface area contributed by atoms with Crippen LogP contribution in [-0.2, 0) is 13.6 Å². The van der Waals surface area contributed by atoms with Gasteiger partial charge in [-0.3, -0.25) is 19.6 Å². The second-order valence-electron chi connectivity index (χ2n) is 12.5. The van der Waals surface area contributed by atoms with Crippen molar-refractivity contribution in [2.24, 2.45) is 7.05 Å². The van der Waals surface area contributed by atoms with Crippen molar-refractivity contribution in [3.05, 3.63) is 94.7 Å². The fraction of sp³-hybridized carbons (Fsp3) is 0.364. The smallest absolute Gasteiger partial charge is 0.103 e. The van der Waals surface area contributed by atoms with E-state index >= 15 is 0 Å². The summed E-state index contributed by atoms with van der Waals surface area (Å²) in [6, 6.07) is 16.7. The van der Waals surface area contributed by atoms with Crippen LogP contribution in [0.2, 0.25) is 5.02 Å². The van der Waals surface area contributed by atoms with Crippen molar-refractivity contribution in [3.63, 3.8) is 0 Å². The fourth-order valence-corrected chi connectivity index (χ4v) is 6.29. The maximum Gasteiger partial charge on any atom is 0.103 e. The van der Waals surface area contributed by atoms with E-state index in [1.165, 1.54) is 0 Å². The third kappa shape index (κ3) is 6.31. The molecule has 4 N–H and O–H groups in total. The third-order valence-corrected chi connectivity index (χ3v) is 8.73. The van der Waals surface area contributed by atoms with E-state index in [-0.39, 0.29) is 11.6 Å². The molecule has 0 bridgehead atoms. The lowest BCUT2D eigenvalue weighted by molar-refractivity contribution is 0.0570. The highest BCUT2D eigenvalue weighted by molar-refractivity contribution is 6.35. The fourth-order valence-electron chi connectivity index (χ4n) is 6.03. The van der Waals surface area contributed by atoms with Gasteiger partial charge < -0.3 is 16.1 Å². The number of hydrogen-bond acceptors (Lipinski definition) is 9. The summed E-state index contributed by atoms with van der Waals surface area (Å²) in [5, 5.41) is 24.8. The van der Waals surface area contributed by atoms with Gasteiger partial charge in [-0.05, 0) is 51.3 Å². The van der Waals surface area contributed by atoms with Crippen LogP contribution in [0.4, 0.5) is 11.4 Å². The van der Waals surface area contributed by atoms with Crippen LogP contribution in [-0.4, -0.2) is 49.3 Å². The topological polar surface area (TPSA) is 109 Å². The van der Waals surface area contributed by atoms with E-state index in [1.54, 1.807) is 17.1 Å². The van der Waals surface area contributed by atoms with Crippen LogP contribution in [0, 0.1) is 11.3 Å². The Kier molecular flexibility index (Phi) is 8.36. The minimum atomic E-state index is -0.184. The number of piperidine rings is 1. The quantitative estimate of drug-likeness (QED) is 0.200. The van der Waals surface area contributed by atoms with Gasteiger partial charge in [-0.1, -0.05) is 41.9 Å². The van der Waals surface area contributed by atoms with Crippen LogP contribution in [0.5, 0.6) is 0 Å². The molecule has 4 aromatic rings. The first kappa shape index (κ1) is 29.8. The number of fused-ring (bicyclic) bond motifs is 1. The zero-order valence-corrected chi connectivity index (χ0v) is 26.4. The van der Waals surface area contributed by atoms with Gasteiger partial charge in [-0.25, -0.2) is 0 Å². The average molecular weight is 611 g/mol. The Morgan fingerprint density at radius 3 is 2.59 bits per heavy atom. The summed E-state index contributed by atoms with van der Waals surface area (Å²) in [5.41, 5.74) is 12.7. The number of nitriles is 1. The number of aryl methyl sites for hydroxylation is 1. The van der Waals surface area contributed by atoms with Crippen molar-refractivity contribution < 1.29 is 0 Å². The summed E-state index contributed by atoms with van der Waals surface area (Å²) in [5.74, 6) is 0. The van der Waals surface area contributed by atoms with Crippen molar-refractivity contribution in [2.75, 3.05) is 23.7 Å². The molecule has 6 rings (SSSR count). The molecular weight excluding hydrogens is 572 g/mol. The van der Waals surface area contributed by atoms with Gasteiger partial charge >= 0.3 is 0 Å². The lowest BCUT2D eigenvalue weighted by Gasteiger charge is -2.42. The molecule has 2 aromatic heterocycles. The molecular formula is C33H39ClN10. The van der Waals surface area contributed by atoms with Gasteiger partial charge in [0, 0.05) is 73.5 Å². The highest BCUT2D eigenvalue weighted by Gasteiger charge is 2.32. The van der Waals surface area contributed by atoms with Crippen LogP contribution in [0.1, 0.15) is 56.3 Å². The van der Waals surface area contributed by atoms with Crippen LogP contribution < -0.4 is 21.6 Å². The van der Waals surface area contributed by atoms with Crippen molar-refractivity contribution >= 4 is 33.9 Å². The predicted molar refractivity (Wildman–Crippen MR) is 175 cm³/mol. The minimum absolute atomic E-state index is 0.184. The largest absolute Gasteiger partial charge is 0.379 e. The highest BCUT2D eigenvalue weighted by atomic mass is 35.5. The van der Waals surface area contributed by atoms with Gasteiger partial charge in [-0.15, -0.1) is 5.53 Å².